The Balaban J connectivity index is 2.50. The van der Waals surface area contributed by atoms with Crippen molar-refractivity contribution in [1.82, 2.24) is 4.31 Å². The van der Waals surface area contributed by atoms with Crippen LogP contribution < -0.4 is 5.73 Å². The molecule has 4 nitrogen and oxygen atoms in total. The third kappa shape index (κ3) is 2.46. The summed E-state index contributed by atoms with van der Waals surface area (Å²) in [6, 6.07) is 0.213. The lowest BCUT2D eigenvalue weighted by molar-refractivity contribution is 0.328. The number of aryl methyl sites for hydroxylation is 1. The average Bonchev–Trinajstić information content (AvgIpc) is 2.92. The fourth-order valence-corrected chi connectivity index (χ4v) is 6.56. The van der Waals surface area contributed by atoms with Crippen molar-refractivity contribution >= 4 is 21.4 Å². The Labute approximate surface area is 119 Å². The van der Waals surface area contributed by atoms with Crippen LogP contribution in [0.15, 0.2) is 10.3 Å². The summed E-state index contributed by atoms with van der Waals surface area (Å²) in [6.07, 6.45) is 2.77. The highest BCUT2D eigenvalue weighted by Crippen LogP contribution is 2.36. The van der Waals surface area contributed by atoms with Gasteiger partial charge in [-0.15, -0.1) is 11.3 Å². The molecule has 6 heteroatoms. The summed E-state index contributed by atoms with van der Waals surface area (Å²) in [5.41, 5.74) is 6.51. The van der Waals surface area contributed by atoms with Gasteiger partial charge in [0.05, 0.1) is 0 Å². The van der Waals surface area contributed by atoms with Gasteiger partial charge in [-0.25, -0.2) is 8.42 Å². The van der Waals surface area contributed by atoms with E-state index < -0.39 is 10.0 Å². The lowest BCUT2D eigenvalue weighted by Gasteiger charge is -2.27. The van der Waals surface area contributed by atoms with Gasteiger partial charge in [0.1, 0.15) is 4.90 Å². The quantitative estimate of drug-likeness (QED) is 0.929. The molecule has 0 radical (unpaired) electrons. The summed E-state index contributed by atoms with van der Waals surface area (Å²) >= 11 is 1.44. The Kier molecular flexibility index (Phi) is 4.35. The van der Waals surface area contributed by atoms with Gasteiger partial charge >= 0.3 is 0 Å². The van der Waals surface area contributed by atoms with E-state index in [0.29, 0.717) is 4.90 Å². The molecule has 2 rings (SSSR count). The molecule has 2 heterocycles. The van der Waals surface area contributed by atoms with Crippen LogP contribution >= 0.6 is 11.3 Å². The summed E-state index contributed by atoms with van der Waals surface area (Å²) < 4.78 is 27.6. The Morgan fingerprint density at radius 3 is 2.74 bits per heavy atom. The molecule has 1 aromatic rings. The predicted octanol–water partition coefficient (Wildman–Crippen LogP) is 2.47. The van der Waals surface area contributed by atoms with E-state index in [1.165, 1.54) is 11.3 Å². The molecule has 1 aliphatic heterocycles. The zero-order valence-electron chi connectivity index (χ0n) is 11.7. The lowest BCUT2D eigenvalue weighted by atomic mass is 10.2. The number of thiophene rings is 1. The van der Waals surface area contributed by atoms with E-state index in [4.69, 9.17) is 5.73 Å². The topological polar surface area (TPSA) is 63.4 Å². The first-order valence-corrected chi connectivity index (χ1v) is 9.06. The molecular formula is C13H22N2O2S2. The van der Waals surface area contributed by atoms with Gasteiger partial charge in [-0.2, -0.15) is 4.31 Å². The fourth-order valence-electron chi connectivity index (χ4n) is 2.95. The van der Waals surface area contributed by atoms with Gasteiger partial charge in [0, 0.05) is 23.5 Å². The predicted molar refractivity (Wildman–Crippen MR) is 78.7 cm³/mol. The Morgan fingerprint density at radius 1 is 1.47 bits per heavy atom. The molecule has 0 spiro atoms. The molecule has 2 atom stereocenters. The number of rotatable bonds is 4. The maximum atomic E-state index is 13.0. The summed E-state index contributed by atoms with van der Waals surface area (Å²) in [5, 5.41) is 1.89. The number of hydrogen-bond acceptors (Lipinski definition) is 4. The zero-order chi connectivity index (χ0) is 14.2. The monoisotopic (exact) mass is 302 g/mol. The van der Waals surface area contributed by atoms with E-state index in [1.54, 1.807) is 4.31 Å². The second-order valence-corrected chi connectivity index (χ2v) is 7.94. The number of sulfonamides is 1. The Bertz CT molecular complexity index is 551. The van der Waals surface area contributed by atoms with Crippen molar-refractivity contribution in [2.24, 2.45) is 5.73 Å². The van der Waals surface area contributed by atoms with E-state index in [0.717, 1.165) is 29.7 Å². The van der Waals surface area contributed by atoms with E-state index >= 15 is 0 Å². The fraction of sp³-hybridized carbons (Fsp3) is 0.692. The van der Waals surface area contributed by atoms with Gasteiger partial charge in [-0.3, -0.25) is 0 Å². The van der Waals surface area contributed by atoms with Crippen molar-refractivity contribution in [3.8, 4) is 0 Å². The first-order chi connectivity index (χ1) is 8.93. The molecule has 1 fully saturated rings. The van der Waals surface area contributed by atoms with Crippen LogP contribution in [0.25, 0.3) is 0 Å². The molecule has 0 aliphatic carbocycles. The highest BCUT2D eigenvalue weighted by molar-refractivity contribution is 7.89. The summed E-state index contributed by atoms with van der Waals surface area (Å²) in [7, 11) is -3.42. The lowest BCUT2D eigenvalue weighted by Crippen LogP contribution is -2.40. The maximum absolute atomic E-state index is 13.0. The number of hydrogen-bond donors (Lipinski definition) is 1. The molecule has 108 valence electrons. The maximum Gasteiger partial charge on any atom is 0.244 e. The summed E-state index contributed by atoms with van der Waals surface area (Å²) in [5.74, 6) is 0. The van der Waals surface area contributed by atoms with E-state index in [2.05, 4.69) is 6.92 Å². The first-order valence-electron chi connectivity index (χ1n) is 6.74. The van der Waals surface area contributed by atoms with Crippen LogP contribution in [-0.2, 0) is 16.6 Å². The van der Waals surface area contributed by atoms with Crippen molar-refractivity contribution in [3.63, 3.8) is 0 Å². The van der Waals surface area contributed by atoms with E-state index in [-0.39, 0.29) is 18.6 Å². The van der Waals surface area contributed by atoms with Crippen LogP contribution in [0.2, 0.25) is 0 Å². The number of nitrogens with zero attached hydrogens (tertiary/aromatic N) is 1. The highest BCUT2D eigenvalue weighted by atomic mass is 32.2. The molecule has 0 bridgehead atoms. The van der Waals surface area contributed by atoms with Crippen LogP contribution in [0.5, 0.6) is 0 Å². The smallest absolute Gasteiger partial charge is 0.244 e. The third-order valence-corrected chi connectivity index (χ3v) is 7.45. The minimum atomic E-state index is -3.42. The number of nitrogens with two attached hydrogens (primary N) is 1. The molecular weight excluding hydrogens is 280 g/mol. The van der Waals surface area contributed by atoms with Crippen LogP contribution in [0.1, 0.15) is 43.6 Å². The zero-order valence-corrected chi connectivity index (χ0v) is 13.4. The van der Waals surface area contributed by atoms with Gasteiger partial charge in [-0.05, 0) is 44.1 Å². The molecule has 0 aromatic carbocycles. The molecule has 1 aromatic heterocycles. The SMILES string of the molecule is CCC1CCC(C)N1S(=O)(=O)c1c(C)csc1CN. The van der Waals surface area contributed by atoms with Gasteiger partial charge < -0.3 is 5.73 Å². The minimum absolute atomic E-state index is 0.0832. The molecule has 19 heavy (non-hydrogen) atoms. The van der Waals surface area contributed by atoms with E-state index in [9.17, 15) is 8.42 Å². The van der Waals surface area contributed by atoms with Gasteiger partial charge in [0.25, 0.3) is 0 Å². The summed E-state index contributed by atoms with van der Waals surface area (Å²) in [4.78, 5) is 1.22. The Morgan fingerprint density at radius 2 is 2.16 bits per heavy atom. The van der Waals surface area contributed by atoms with Crippen molar-refractivity contribution in [2.75, 3.05) is 0 Å². The van der Waals surface area contributed by atoms with Gasteiger partial charge in [0.2, 0.25) is 10.0 Å². The second kappa shape index (κ2) is 5.52. The van der Waals surface area contributed by atoms with Crippen LogP contribution in [0.3, 0.4) is 0 Å². The van der Waals surface area contributed by atoms with Crippen molar-refractivity contribution < 1.29 is 8.42 Å². The van der Waals surface area contributed by atoms with Crippen molar-refractivity contribution in [2.45, 2.75) is 63.6 Å². The molecule has 2 unspecified atom stereocenters. The average molecular weight is 302 g/mol. The van der Waals surface area contributed by atoms with Crippen LogP contribution in [-0.4, -0.2) is 24.8 Å². The highest BCUT2D eigenvalue weighted by Gasteiger charge is 2.40. The molecule has 2 N–H and O–H groups in total. The van der Waals surface area contributed by atoms with Crippen molar-refractivity contribution in [3.05, 3.63) is 15.8 Å². The second-order valence-electron chi connectivity index (χ2n) is 5.20. The van der Waals surface area contributed by atoms with Crippen molar-refractivity contribution in [1.29, 1.82) is 0 Å². The first kappa shape index (κ1) is 15.0. The third-order valence-electron chi connectivity index (χ3n) is 3.89. The summed E-state index contributed by atoms with van der Waals surface area (Å²) in [6.45, 7) is 6.18. The molecule has 1 saturated heterocycles. The molecule has 0 amide bonds. The normalized spacial score (nSPS) is 25.1. The van der Waals surface area contributed by atoms with Crippen LogP contribution in [0, 0.1) is 6.92 Å². The van der Waals surface area contributed by atoms with E-state index in [1.807, 2.05) is 19.2 Å². The largest absolute Gasteiger partial charge is 0.326 e. The van der Waals surface area contributed by atoms with Crippen LogP contribution in [0.4, 0.5) is 0 Å². The Hall–Kier alpha value is -0.430. The molecule has 0 saturated carbocycles. The molecule has 1 aliphatic rings. The standard InChI is InChI=1S/C13H22N2O2S2/c1-4-11-6-5-10(3)15(11)19(16,17)13-9(2)8-18-12(13)7-14/h8,10-11H,4-7,14H2,1-3H3. The van der Waals surface area contributed by atoms with Gasteiger partial charge in [-0.1, -0.05) is 6.92 Å². The van der Waals surface area contributed by atoms with Gasteiger partial charge in [0.15, 0.2) is 0 Å². The minimum Gasteiger partial charge on any atom is -0.326 e.